The number of pyridine rings is 1. The number of fused-ring (bicyclic) bond motifs is 1. The van der Waals surface area contributed by atoms with E-state index >= 15 is 0 Å². The van der Waals surface area contributed by atoms with Crippen molar-refractivity contribution in [1.82, 2.24) is 4.57 Å². The Labute approximate surface area is 125 Å². The van der Waals surface area contributed by atoms with Crippen LogP contribution in [0.25, 0.3) is 10.8 Å². The molecule has 0 amide bonds. The third-order valence-electron chi connectivity index (χ3n) is 4.21. The largest absolute Gasteiger partial charge is 0.478 e. The number of aromatic carboxylic acids is 1. The Hall–Kier alpha value is -2.21. The molecule has 0 atom stereocenters. The molecule has 0 bridgehead atoms. The zero-order valence-electron chi connectivity index (χ0n) is 12.1. The number of carboxylic acids is 1. The van der Waals surface area contributed by atoms with Crippen LogP contribution in [0.5, 0.6) is 0 Å². The lowest BCUT2D eigenvalue weighted by atomic mass is 10.0. The zero-order chi connectivity index (χ0) is 15.9. The molecule has 22 heavy (non-hydrogen) atoms. The summed E-state index contributed by atoms with van der Waals surface area (Å²) in [6.07, 6.45) is 1.22. The van der Waals surface area contributed by atoms with Gasteiger partial charge < -0.3 is 14.4 Å². The van der Waals surface area contributed by atoms with Crippen LogP contribution in [0.2, 0.25) is 0 Å². The minimum Gasteiger partial charge on any atom is -0.478 e. The number of carboxylic acid groups (broad SMARTS) is 1. The summed E-state index contributed by atoms with van der Waals surface area (Å²) in [5.41, 5.74) is -0.120. The molecule has 6 heteroatoms. The smallest absolute Gasteiger partial charge is 0.338 e. The second-order valence-electron chi connectivity index (χ2n) is 5.45. The van der Waals surface area contributed by atoms with E-state index in [1.807, 2.05) is 0 Å². The van der Waals surface area contributed by atoms with Gasteiger partial charge in [0.05, 0.1) is 10.9 Å². The fraction of sp³-hybridized carbons (Fsp3) is 0.375. The van der Waals surface area contributed by atoms with E-state index < -0.39 is 17.3 Å². The van der Waals surface area contributed by atoms with Gasteiger partial charge in [-0.05, 0) is 25.8 Å². The quantitative estimate of drug-likeness (QED) is 0.925. The summed E-state index contributed by atoms with van der Waals surface area (Å²) < 4.78 is 20.9. The van der Waals surface area contributed by atoms with Gasteiger partial charge in [0.25, 0.3) is 5.56 Å². The molecule has 1 aliphatic rings. The lowest BCUT2D eigenvalue weighted by molar-refractivity contribution is 0.0667. The van der Waals surface area contributed by atoms with Crippen molar-refractivity contribution in [3.05, 3.63) is 45.6 Å². The molecule has 116 valence electrons. The average Bonchev–Trinajstić information content (AvgIpc) is 2.48. The Morgan fingerprint density at radius 1 is 1.36 bits per heavy atom. The van der Waals surface area contributed by atoms with Crippen molar-refractivity contribution in [2.24, 2.45) is 0 Å². The molecule has 2 aromatic rings. The third-order valence-corrected chi connectivity index (χ3v) is 4.21. The highest BCUT2D eigenvalue weighted by Gasteiger charge is 2.25. The summed E-state index contributed by atoms with van der Waals surface area (Å²) in [4.78, 5) is 24.4. The van der Waals surface area contributed by atoms with Crippen molar-refractivity contribution in [3.63, 3.8) is 0 Å². The number of rotatable bonds is 2. The highest BCUT2D eigenvalue weighted by molar-refractivity contribution is 6.04. The van der Waals surface area contributed by atoms with Crippen LogP contribution >= 0.6 is 0 Å². The van der Waals surface area contributed by atoms with Gasteiger partial charge in [0, 0.05) is 30.3 Å². The maximum absolute atomic E-state index is 14.1. The maximum atomic E-state index is 14.1. The van der Waals surface area contributed by atoms with Crippen LogP contribution in [-0.2, 0) is 4.74 Å². The van der Waals surface area contributed by atoms with E-state index in [4.69, 9.17) is 4.74 Å². The molecule has 1 aromatic carbocycles. The van der Waals surface area contributed by atoms with E-state index in [0.717, 1.165) is 0 Å². The number of benzene rings is 1. The van der Waals surface area contributed by atoms with Crippen molar-refractivity contribution in [2.75, 3.05) is 13.2 Å². The van der Waals surface area contributed by atoms with Crippen molar-refractivity contribution in [3.8, 4) is 0 Å². The Morgan fingerprint density at radius 3 is 2.68 bits per heavy atom. The molecule has 1 aromatic heterocycles. The van der Waals surface area contributed by atoms with Crippen LogP contribution in [0.1, 0.15) is 34.9 Å². The first-order valence-electron chi connectivity index (χ1n) is 7.16. The Morgan fingerprint density at radius 2 is 2.05 bits per heavy atom. The number of ether oxygens (including phenoxy) is 1. The molecule has 0 aliphatic carbocycles. The second kappa shape index (κ2) is 5.53. The van der Waals surface area contributed by atoms with Gasteiger partial charge in [-0.25, -0.2) is 9.18 Å². The summed E-state index contributed by atoms with van der Waals surface area (Å²) in [6, 6.07) is 3.91. The summed E-state index contributed by atoms with van der Waals surface area (Å²) in [5.74, 6) is -1.85. The first kappa shape index (κ1) is 14.7. The Balaban J connectivity index is 2.39. The standard InChI is InChI=1S/C16H16FNO4/c1-9-13(16(20)21)11-3-2-4-12(17)14(11)15(19)18(9)10-5-7-22-8-6-10/h2-4,10H,5-8H2,1H3,(H,20,21). The average molecular weight is 305 g/mol. The molecule has 0 unspecified atom stereocenters. The maximum Gasteiger partial charge on any atom is 0.338 e. The normalized spacial score (nSPS) is 16.1. The molecule has 1 aliphatic heterocycles. The minimum atomic E-state index is -1.16. The van der Waals surface area contributed by atoms with E-state index in [1.165, 1.54) is 22.8 Å². The van der Waals surface area contributed by atoms with Gasteiger partial charge in [0.1, 0.15) is 5.82 Å². The predicted octanol–water partition coefficient (Wildman–Crippen LogP) is 2.50. The fourth-order valence-electron chi connectivity index (χ4n) is 3.19. The van der Waals surface area contributed by atoms with E-state index in [1.54, 1.807) is 6.92 Å². The van der Waals surface area contributed by atoms with E-state index in [0.29, 0.717) is 31.7 Å². The molecular weight excluding hydrogens is 289 g/mol. The van der Waals surface area contributed by atoms with Crippen LogP contribution in [0, 0.1) is 12.7 Å². The highest BCUT2D eigenvalue weighted by atomic mass is 19.1. The number of aromatic nitrogens is 1. The molecular formula is C16H16FNO4. The summed E-state index contributed by atoms with van der Waals surface area (Å²) >= 11 is 0. The first-order chi connectivity index (χ1) is 10.5. The number of carbonyl (C=O) groups is 1. The van der Waals surface area contributed by atoms with Gasteiger partial charge in [-0.15, -0.1) is 0 Å². The van der Waals surface area contributed by atoms with Crippen molar-refractivity contribution >= 4 is 16.7 Å². The molecule has 3 rings (SSSR count). The zero-order valence-corrected chi connectivity index (χ0v) is 12.1. The van der Waals surface area contributed by atoms with Crippen molar-refractivity contribution in [2.45, 2.75) is 25.8 Å². The molecule has 0 radical (unpaired) electrons. The number of hydrogen-bond donors (Lipinski definition) is 1. The van der Waals surface area contributed by atoms with E-state index in [-0.39, 0.29) is 22.4 Å². The van der Waals surface area contributed by atoms with Crippen LogP contribution in [0.15, 0.2) is 23.0 Å². The molecule has 2 heterocycles. The van der Waals surface area contributed by atoms with Crippen molar-refractivity contribution < 1.29 is 19.0 Å². The van der Waals surface area contributed by atoms with Gasteiger partial charge >= 0.3 is 5.97 Å². The molecule has 1 saturated heterocycles. The van der Waals surface area contributed by atoms with Crippen LogP contribution in [0.3, 0.4) is 0 Å². The molecule has 0 saturated carbocycles. The van der Waals surface area contributed by atoms with Gasteiger partial charge in [-0.2, -0.15) is 0 Å². The second-order valence-corrected chi connectivity index (χ2v) is 5.45. The van der Waals surface area contributed by atoms with Crippen LogP contribution in [-0.4, -0.2) is 28.9 Å². The van der Waals surface area contributed by atoms with E-state index in [2.05, 4.69) is 0 Å². The fourth-order valence-corrected chi connectivity index (χ4v) is 3.19. The molecule has 1 fully saturated rings. The highest BCUT2D eigenvalue weighted by Crippen LogP contribution is 2.27. The summed E-state index contributed by atoms with van der Waals surface area (Å²) in [7, 11) is 0. The summed E-state index contributed by atoms with van der Waals surface area (Å²) in [5, 5.41) is 9.50. The number of hydrogen-bond acceptors (Lipinski definition) is 3. The number of halogens is 1. The monoisotopic (exact) mass is 305 g/mol. The Kier molecular flexibility index (Phi) is 3.70. The lowest BCUT2D eigenvalue weighted by Gasteiger charge is -2.27. The third kappa shape index (κ3) is 2.20. The minimum absolute atomic E-state index is 0.0133. The van der Waals surface area contributed by atoms with Gasteiger partial charge in [0.15, 0.2) is 0 Å². The number of nitrogens with zero attached hydrogens (tertiary/aromatic N) is 1. The van der Waals surface area contributed by atoms with Crippen LogP contribution in [0.4, 0.5) is 4.39 Å². The van der Waals surface area contributed by atoms with Gasteiger partial charge in [-0.1, -0.05) is 12.1 Å². The lowest BCUT2D eigenvalue weighted by Crippen LogP contribution is -2.32. The predicted molar refractivity (Wildman–Crippen MR) is 79.0 cm³/mol. The SMILES string of the molecule is Cc1c(C(=O)O)c2cccc(F)c2c(=O)n1C1CCOCC1. The van der Waals surface area contributed by atoms with Crippen LogP contribution < -0.4 is 5.56 Å². The topological polar surface area (TPSA) is 68.5 Å². The summed E-state index contributed by atoms with van der Waals surface area (Å²) in [6.45, 7) is 2.62. The van der Waals surface area contributed by atoms with Gasteiger partial charge in [0.2, 0.25) is 0 Å². The Bertz CT molecular complexity index is 806. The molecule has 5 nitrogen and oxygen atoms in total. The molecule has 0 spiro atoms. The molecule has 1 N–H and O–H groups in total. The van der Waals surface area contributed by atoms with E-state index in [9.17, 15) is 19.1 Å². The van der Waals surface area contributed by atoms with Crippen molar-refractivity contribution in [1.29, 1.82) is 0 Å². The van der Waals surface area contributed by atoms with Gasteiger partial charge in [-0.3, -0.25) is 4.79 Å². The first-order valence-corrected chi connectivity index (χ1v) is 7.16.